The number of nitrogens with one attached hydrogen (secondary N) is 1. The molecule has 1 saturated heterocycles. The summed E-state index contributed by atoms with van der Waals surface area (Å²) in [5.74, 6) is 1.54. The van der Waals surface area contributed by atoms with Crippen molar-refractivity contribution in [1.82, 2.24) is 4.72 Å². The molecule has 0 spiro atoms. The van der Waals surface area contributed by atoms with Gasteiger partial charge in [0.05, 0.1) is 30.8 Å². The smallest absolute Gasteiger partial charge is 0.240 e. The first-order valence-electron chi connectivity index (χ1n) is 13.3. The largest absolute Gasteiger partial charge is 0.496 e. The van der Waals surface area contributed by atoms with Crippen LogP contribution in [0.15, 0.2) is 113 Å². The van der Waals surface area contributed by atoms with Crippen LogP contribution in [0.4, 0.5) is 0 Å². The van der Waals surface area contributed by atoms with Crippen molar-refractivity contribution < 1.29 is 27.7 Å². The summed E-state index contributed by atoms with van der Waals surface area (Å²) in [5, 5.41) is 9.45. The van der Waals surface area contributed by atoms with Gasteiger partial charge in [-0.25, -0.2) is 13.1 Å². The van der Waals surface area contributed by atoms with Gasteiger partial charge in [-0.2, -0.15) is 0 Å². The van der Waals surface area contributed by atoms with Gasteiger partial charge in [-0.1, -0.05) is 78.9 Å². The summed E-state index contributed by atoms with van der Waals surface area (Å²) in [6.07, 6.45) is -0.202. The zero-order chi connectivity index (χ0) is 28.7. The van der Waals surface area contributed by atoms with Crippen molar-refractivity contribution in [3.63, 3.8) is 0 Å². The number of ether oxygens (including phenoxy) is 3. The monoisotopic (exact) mass is 591 g/mol. The maximum Gasteiger partial charge on any atom is 0.240 e. The molecule has 0 radical (unpaired) electrons. The van der Waals surface area contributed by atoms with E-state index in [1.165, 1.54) is 0 Å². The predicted molar refractivity (Wildman–Crippen MR) is 159 cm³/mol. The zero-order valence-corrected chi connectivity index (χ0v) is 24.3. The number of sulfonamides is 1. The highest BCUT2D eigenvalue weighted by atomic mass is 32.2. The molecule has 7 nitrogen and oxygen atoms in total. The van der Waals surface area contributed by atoms with Crippen LogP contribution in [0.1, 0.15) is 41.1 Å². The van der Waals surface area contributed by atoms with Crippen LogP contribution in [0.25, 0.3) is 0 Å². The number of para-hydroxylation sites is 1. The Balaban J connectivity index is 1.30. The van der Waals surface area contributed by atoms with Crippen LogP contribution in [0.5, 0.6) is 5.75 Å². The number of hydrogen-bond acceptors (Lipinski definition) is 7. The Morgan fingerprint density at radius 3 is 2.22 bits per heavy atom. The van der Waals surface area contributed by atoms with Gasteiger partial charge in [0, 0.05) is 29.2 Å². The van der Waals surface area contributed by atoms with Crippen LogP contribution < -0.4 is 9.46 Å². The van der Waals surface area contributed by atoms with Crippen molar-refractivity contribution in [2.75, 3.05) is 12.9 Å². The normalized spacial score (nSPS) is 19.1. The number of thioether (sulfide) groups is 1. The van der Waals surface area contributed by atoms with E-state index >= 15 is 0 Å². The van der Waals surface area contributed by atoms with Gasteiger partial charge >= 0.3 is 0 Å². The summed E-state index contributed by atoms with van der Waals surface area (Å²) < 4.78 is 46.2. The molecule has 2 N–H and O–H groups in total. The Morgan fingerprint density at radius 2 is 1.51 bits per heavy atom. The molecule has 5 rings (SSSR count). The fraction of sp³-hybridized carbons (Fsp3) is 0.250. The molecule has 0 aliphatic carbocycles. The minimum Gasteiger partial charge on any atom is -0.496 e. The van der Waals surface area contributed by atoms with E-state index < -0.39 is 16.3 Å². The zero-order valence-electron chi connectivity index (χ0n) is 22.7. The first kappa shape index (κ1) is 29.3. The topological polar surface area (TPSA) is 94.1 Å². The molecule has 214 valence electrons. The summed E-state index contributed by atoms with van der Waals surface area (Å²) in [4.78, 5) is 1.28. The highest BCUT2D eigenvalue weighted by Gasteiger charge is 2.32. The highest BCUT2D eigenvalue weighted by Crippen LogP contribution is 2.40. The lowest BCUT2D eigenvalue weighted by molar-refractivity contribution is -0.245. The summed E-state index contributed by atoms with van der Waals surface area (Å²) >= 11 is 1.68. The molecule has 0 saturated carbocycles. The van der Waals surface area contributed by atoms with Crippen LogP contribution >= 0.6 is 11.8 Å². The Morgan fingerprint density at radius 1 is 0.854 bits per heavy atom. The van der Waals surface area contributed by atoms with Crippen molar-refractivity contribution in [1.29, 1.82) is 0 Å². The average Bonchev–Trinajstić information content (AvgIpc) is 3.03. The molecule has 0 amide bonds. The lowest BCUT2D eigenvalue weighted by Gasteiger charge is -2.36. The van der Waals surface area contributed by atoms with Crippen molar-refractivity contribution in [3.05, 3.63) is 125 Å². The SMILES string of the molecule is COc1ccccc1SC[C@@H]1C[C@H](c2ccc(CO)cc2)O[C@H](c2ccc(CNS(=O)(=O)c3ccccc3)cc2)O1. The molecule has 1 fully saturated rings. The molecule has 4 aromatic rings. The van der Waals surface area contributed by atoms with Crippen LogP contribution in [-0.2, 0) is 32.6 Å². The number of rotatable bonds is 11. The number of aliphatic hydroxyl groups excluding tert-OH is 1. The van der Waals surface area contributed by atoms with Gasteiger partial charge < -0.3 is 19.3 Å². The van der Waals surface area contributed by atoms with Crippen LogP contribution in [-0.4, -0.2) is 32.5 Å². The standard InChI is InChI=1S/C32H33NO6S2/c1-37-29-9-5-6-10-31(29)40-22-27-19-30(25-15-13-24(21-34)14-16-25)39-32(38-27)26-17-11-23(12-18-26)20-33-41(35,36)28-7-3-2-4-8-28/h2-18,27,30,32-34H,19-22H2,1H3/t27-,30+,32+/m0/s1. The fourth-order valence-corrected chi connectivity index (χ4v) is 6.68. The lowest BCUT2D eigenvalue weighted by atomic mass is 10.0. The lowest BCUT2D eigenvalue weighted by Crippen LogP contribution is -2.31. The van der Waals surface area contributed by atoms with E-state index in [0.717, 1.165) is 32.9 Å². The van der Waals surface area contributed by atoms with E-state index in [-0.39, 0.29) is 30.3 Å². The third-order valence-electron chi connectivity index (χ3n) is 6.88. The Hall–Kier alpha value is -3.18. The first-order chi connectivity index (χ1) is 19.9. The van der Waals surface area contributed by atoms with E-state index in [9.17, 15) is 13.5 Å². The summed E-state index contributed by atoms with van der Waals surface area (Å²) in [6.45, 7) is 0.158. The van der Waals surface area contributed by atoms with Crippen molar-refractivity contribution in [2.45, 2.75) is 47.9 Å². The van der Waals surface area contributed by atoms with E-state index in [4.69, 9.17) is 14.2 Å². The quantitative estimate of drug-likeness (QED) is 0.207. The van der Waals surface area contributed by atoms with Crippen LogP contribution in [0, 0.1) is 0 Å². The maximum absolute atomic E-state index is 12.6. The Bertz CT molecular complexity index is 1510. The number of hydrogen-bond donors (Lipinski definition) is 2. The molecule has 1 aliphatic heterocycles. The van der Waals surface area contributed by atoms with E-state index in [0.29, 0.717) is 12.2 Å². The molecular formula is C32H33NO6S2. The molecule has 4 aromatic carbocycles. The fourth-order valence-electron chi connectivity index (χ4n) is 4.60. The van der Waals surface area contributed by atoms with Gasteiger partial charge in [-0.3, -0.25) is 0 Å². The third-order valence-corrected chi connectivity index (χ3v) is 9.48. The van der Waals surface area contributed by atoms with Crippen LogP contribution in [0.2, 0.25) is 0 Å². The second-order valence-electron chi connectivity index (χ2n) is 9.69. The van der Waals surface area contributed by atoms with Crippen molar-refractivity contribution >= 4 is 21.8 Å². The minimum atomic E-state index is -3.60. The number of benzene rings is 4. The molecule has 3 atom stereocenters. The summed E-state index contributed by atoms with van der Waals surface area (Å²) in [7, 11) is -1.93. The predicted octanol–water partition coefficient (Wildman–Crippen LogP) is 6.00. The molecule has 1 aliphatic rings. The third kappa shape index (κ3) is 7.56. The second-order valence-corrected chi connectivity index (χ2v) is 12.5. The first-order valence-corrected chi connectivity index (χ1v) is 15.8. The Labute approximate surface area is 245 Å². The maximum atomic E-state index is 12.6. The molecule has 1 heterocycles. The van der Waals surface area contributed by atoms with Crippen molar-refractivity contribution in [2.24, 2.45) is 0 Å². The highest BCUT2D eigenvalue weighted by molar-refractivity contribution is 7.99. The van der Waals surface area contributed by atoms with Gasteiger partial charge in [-0.15, -0.1) is 11.8 Å². The number of aliphatic hydroxyl groups is 1. The minimum absolute atomic E-state index is 0.0103. The van der Waals surface area contributed by atoms with E-state index in [2.05, 4.69) is 4.72 Å². The van der Waals surface area contributed by atoms with Gasteiger partial charge in [-0.05, 0) is 41.0 Å². The summed E-state index contributed by atoms with van der Waals surface area (Å²) in [6, 6.07) is 31.6. The van der Waals surface area contributed by atoms with E-state index in [1.807, 2.05) is 72.8 Å². The molecule has 9 heteroatoms. The molecule has 0 bridgehead atoms. The Kier molecular flexibility index (Phi) is 9.76. The number of methoxy groups -OCH3 is 1. The van der Waals surface area contributed by atoms with E-state index in [1.54, 1.807) is 49.2 Å². The van der Waals surface area contributed by atoms with Crippen molar-refractivity contribution in [3.8, 4) is 5.75 Å². The molecule has 41 heavy (non-hydrogen) atoms. The molecule has 0 aromatic heterocycles. The van der Waals surface area contributed by atoms with Gasteiger partial charge in [0.15, 0.2) is 6.29 Å². The van der Waals surface area contributed by atoms with Crippen LogP contribution in [0.3, 0.4) is 0 Å². The second kappa shape index (κ2) is 13.7. The van der Waals surface area contributed by atoms with Gasteiger partial charge in [0.2, 0.25) is 10.0 Å². The van der Waals surface area contributed by atoms with Gasteiger partial charge in [0.1, 0.15) is 5.75 Å². The molecular weight excluding hydrogens is 558 g/mol. The average molecular weight is 592 g/mol. The van der Waals surface area contributed by atoms with Gasteiger partial charge in [0.25, 0.3) is 0 Å². The summed E-state index contributed by atoms with van der Waals surface area (Å²) in [5.41, 5.74) is 3.54. The molecule has 0 unspecified atom stereocenters.